The van der Waals surface area contributed by atoms with Gasteiger partial charge < -0.3 is 15.4 Å². The van der Waals surface area contributed by atoms with Gasteiger partial charge in [-0.1, -0.05) is 18.6 Å². The molecule has 1 aromatic rings. The first kappa shape index (κ1) is 24.3. The van der Waals surface area contributed by atoms with Crippen molar-refractivity contribution in [3.63, 3.8) is 0 Å². The van der Waals surface area contributed by atoms with E-state index in [1.807, 2.05) is 12.1 Å². The Morgan fingerprint density at radius 2 is 1.83 bits per heavy atom. The van der Waals surface area contributed by atoms with E-state index in [1.165, 1.54) is 24.8 Å². The van der Waals surface area contributed by atoms with Gasteiger partial charge in [0.2, 0.25) is 5.91 Å². The Morgan fingerprint density at radius 3 is 2.45 bits per heavy atom. The molecule has 2 heterocycles. The highest BCUT2D eigenvalue weighted by atomic mass is 35.5. The highest BCUT2D eigenvalue weighted by Crippen LogP contribution is 2.58. The summed E-state index contributed by atoms with van der Waals surface area (Å²) in [5, 5.41) is 6.72. The fourth-order valence-corrected chi connectivity index (χ4v) is 5.03. The van der Waals surface area contributed by atoms with Gasteiger partial charge in [-0.15, -0.1) is 24.8 Å². The second-order valence-electron chi connectivity index (χ2n) is 8.50. The fourth-order valence-electron chi connectivity index (χ4n) is 5.03. The van der Waals surface area contributed by atoms with Crippen molar-refractivity contribution in [2.75, 3.05) is 39.8 Å². The number of carbonyl (C=O) groups is 1. The normalized spacial score (nSPS) is 24.0. The Kier molecular flexibility index (Phi) is 9.08. The molecule has 1 aromatic carbocycles. The lowest BCUT2D eigenvalue weighted by atomic mass is 9.91. The molecule has 1 spiro atoms. The molecule has 4 rings (SSSR count). The quantitative estimate of drug-likeness (QED) is 0.705. The molecule has 0 radical (unpaired) electrons. The number of rotatable bonds is 6. The number of amides is 1. The molecule has 5 nitrogen and oxygen atoms in total. The van der Waals surface area contributed by atoms with Gasteiger partial charge in [-0.05, 0) is 81.4 Å². The molecule has 2 aliphatic heterocycles. The minimum atomic E-state index is 0. The maximum absolute atomic E-state index is 12.8. The number of likely N-dealkylation sites (tertiary alicyclic amines) is 1. The number of nitrogens with zero attached hydrogens (tertiary/aromatic N) is 1. The Balaban J connectivity index is 0.00000150. The van der Waals surface area contributed by atoms with Gasteiger partial charge in [-0.2, -0.15) is 0 Å². The third-order valence-electron chi connectivity index (χ3n) is 6.91. The summed E-state index contributed by atoms with van der Waals surface area (Å²) in [5.74, 6) is 1.39. The van der Waals surface area contributed by atoms with Crippen molar-refractivity contribution in [3.8, 4) is 5.75 Å². The Hall–Kier alpha value is -1.01. The summed E-state index contributed by atoms with van der Waals surface area (Å²) in [6.45, 7) is 5.06. The average Bonchev–Trinajstić information content (AvgIpc) is 3.42. The second-order valence-corrected chi connectivity index (χ2v) is 8.50. The van der Waals surface area contributed by atoms with Gasteiger partial charge in [-0.25, -0.2) is 0 Å². The number of hydrogen-bond donors (Lipinski definition) is 2. The number of hydrogen-bond acceptors (Lipinski definition) is 4. The summed E-state index contributed by atoms with van der Waals surface area (Å²) < 4.78 is 5.31. The highest BCUT2D eigenvalue weighted by Gasteiger charge is 2.57. The number of piperidine rings is 2. The molecular formula is C22H35Cl2N3O2. The van der Waals surface area contributed by atoms with Gasteiger partial charge in [0.15, 0.2) is 0 Å². The van der Waals surface area contributed by atoms with Crippen LogP contribution in [0.1, 0.15) is 50.1 Å². The first-order chi connectivity index (χ1) is 13.2. The highest BCUT2D eigenvalue weighted by molar-refractivity contribution is 5.85. The van der Waals surface area contributed by atoms with Gasteiger partial charge >= 0.3 is 0 Å². The molecule has 0 aromatic heterocycles. The zero-order valence-electron chi connectivity index (χ0n) is 17.3. The summed E-state index contributed by atoms with van der Waals surface area (Å²) in [6, 6.07) is 8.60. The minimum absolute atomic E-state index is 0. The summed E-state index contributed by atoms with van der Waals surface area (Å²) in [6.07, 6.45) is 7.20. The average molecular weight is 444 g/mol. The first-order valence-corrected chi connectivity index (χ1v) is 10.6. The van der Waals surface area contributed by atoms with E-state index in [1.54, 1.807) is 7.11 Å². The van der Waals surface area contributed by atoms with Crippen LogP contribution in [0.2, 0.25) is 0 Å². The van der Waals surface area contributed by atoms with Crippen LogP contribution >= 0.6 is 24.8 Å². The predicted molar refractivity (Wildman–Crippen MR) is 121 cm³/mol. The van der Waals surface area contributed by atoms with Gasteiger partial charge in [0.1, 0.15) is 5.75 Å². The molecule has 3 aliphatic rings. The Bertz CT molecular complexity index is 644. The molecule has 2 saturated heterocycles. The summed E-state index contributed by atoms with van der Waals surface area (Å²) in [4.78, 5) is 15.4. The van der Waals surface area contributed by atoms with Crippen molar-refractivity contribution in [3.05, 3.63) is 29.8 Å². The lowest BCUT2D eigenvalue weighted by molar-refractivity contribution is -0.123. The smallest absolute Gasteiger partial charge is 0.223 e. The van der Waals surface area contributed by atoms with Crippen LogP contribution in [-0.4, -0.2) is 50.6 Å². The molecular weight excluding hydrogens is 409 g/mol. The zero-order chi connectivity index (χ0) is 18.7. The monoisotopic (exact) mass is 443 g/mol. The van der Waals surface area contributed by atoms with E-state index >= 15 is 0 Å². The lowest BCUT2D eigenvalue weighted by Crippen LogP contribution is -2.41. The molecule has 2 N–H and O–H groups in total. The van der Waals surface area contributed by atoms with Gasteiger partial charge in [0.25, 0.3) is 0 Å². The van der Waals surface area contributed by atoms with E-state index in [2.05, 4.69) is 27.7 Å². The molecule has 164 valence electrons. The fraction of sp³-hybridized carbons (Fsp3) is 0.682. The van der Waals surface area contributed by atoms with E-state index in [0.29, 0.717) is 12.0 Å². The van der Waals surface area contributed by atoms with Crippen molar-refractivity contribution in [1.82, 2.24) is 15.5 Å². The van der Waals surface area contributed by atoms with Crippen LogP contribution < -0.4 is 15.4 Å². The molecule has 29 heavy (non-hydrogen) atoms. The minimum Gasteiger partial charge on any atom is -0.497 e. The molecule has 2 unspecified atom stereocenters. The van der Waals surface area contributed by atoms with Crippen LogP contribution in [0, 0.1) is 11.3 Å². The third-order valence-corrected chi connectivity index (χ3v) is 6.91. The molecule has 0 bridgehead atoms. The van der Waals surface area contributed by atoms with E-state index in [-0.39, 0.29) is 42.7 Å². The van der Waals surface area contributed by atoms with Gasteiger partial charge in [0.05, 0.1) is 13.2 Å². The van der Waals surface area contributed by atoms with E-state index < -0.39 is 0 Å². The largest absolute Gasteiger partial charge is 0.497 e. The SMILES string of the molecule is COc1ccc(C(CNC(=O)C2CC23CCNCC3)N2CCCCC2)cc1.Cl.Cl. The van der Waals surface area contributed by atoms with Crippen molar-refractivity contribution in [2.24, 2.45) is 11.3 Å². The van der Waals surface area contributed by atoms with Crippen LogP contribution in [0.25, 0.3) is 0 Å². The van der Waals surface area contributed by atoms with E-state index in [0.717, 1.165) is 51.2 Å². The Morgan fingerprint density at radius 1 is 1.17 bits per heavy atom. The van der Waals surface area contributed by atoms with Crippen molar-refractivity contribution in [1.29, 1.82) is 0 Å². The number of carbonyl (C=O) groups excluding carboxylic acids is 1. The van der Waals surface area contributed by atoms with Crippen LogP contribution in [-0.2, 0) is 4.79 Å². The summed E-state index contributed by atoms with van der Waals surface area (Å²) in [7, 11) is 1.70. The van der Waals surface area contributed by atoms with Crippen LogP contribution in [0.5, 0.6) is 5.75 Å². The third kappa shape index (κ3) is 5.57. The first-order valence-electron chi connectivity index (χ1n) is 10.6. The Labute approximate surface area is 187 Å². The van der Waals surface area contributed by atoms with Crippen molar-refractivity contribution >= 4 is 30.7 Å². The summed E-state index contributed by atoms with van der Waals surface area (Å²) in [5.41, 5.74) is 1.57. The van der Waals surface area contributed by atoms with Gasteiger partial charge in [0, 0.05) is 12.5 Å². The number of benzene rings is 1. The molecule has 1 aliphatic carbocycles. The number of halogens is 2. The zero-order valence-corrected chi connectivity index (χ0v) is 19.0. The molecule has 1 saturated carbocycles. The van der Waals surface area contributed by atoms with Gasteiger partial charge in [-0.3, -0.25) is 9.69 Å². The maximum Gasteiger partial charge on any atom is 0.223 e. The number of nitrogens with one attached hydrogen (secondary N) is 2. The van der Waals surface area contributed by atoms with E-state index in [9.17, 15) is 4.79 Å². The van der Waals surface area contributed by atoms with Crippen LogP contribution in [0.4, 0.5) is 0 Å². The van der Waals surface area contributed by atoms with Crippen LogP contribution in [0.15, 0.2) is 24.3 Å². The molecule has 1 amide bonds. The number of methoxy groups -OCH3 is 1. The second kappa shape index (κ2) is 10.9. The van der Waals surface area contributed by atoms with Crippen molar-refractivity contribution < 1.29 is 9.53 Å². The lowest BCUT2D eigenvalue weighted by Gasteiger charge is -2.35. The standard InChI is InChI=1S/C22H33N3O2.2ClH/c1-27-18-7-5-17(6-8-18)20(25-13-3-2-4-14-25)16-24-21(26)19-15-22(19)9-11-23-12-10-22;;/h5-8,19-20,23H,2-4,9-16H2,1H3,(H,24,26);2*1H. The van der Waals surface area contributed by atoms with Crippen LogP contribution in [0.3, 0.4) is 0 Å². The topological polar surface area (TPSA) is 53.6 Å². The molecule has 2 atom stereocenters. The summed E-state index contributed by atoms with van der Waals surface area (Å²) >= 11 is 0. The van der Waals surface area contributed by atoms with E-state index in [4.69, 9.17) is 4.74 Å². The van der Waals surface area contributed by atoms with Crippen molar-refractivity contribution in [2.45, 2.75) is 44.6 Å². The molecule has 3 fully saturated rings. The predicted octanol–water partition coefficient (Wildman–Crippen LogP) is 3.57. The molecule has 7 heteroatoms. The maximum atomic E-state index is 12.8. The number of ether oxygens (including phenoxy) is 1.